The summed E-state index contributed by atoms with van der Waals surface area (Å²) in [5.74, 6) is 1.31. The van der Waals surface area contributed by atoms with E-state index in [1.165, 1.54) is 22.3 Å². The quantitative estimate of drug-likeness (QED) is 0.0368. The minimum atomic E-state index is -5.84. The molecule has 8 rings (SSSR count). The molecule has 87 heavy (non-hydrogen) atoms. The standard InChI is InChI=1S/2C22H23N2O2S.2C10H14.CHF3O3S.2CH3.ClH.2Ru/c2*1-17-13-15-20(16-14-17)27(25,26)24-22(19-11-7-4-8-12-19)21(23-2)18-9-5-3-6-10-18;2*1-8(2)10-6-4-9(3)5-7-10;2-1(3,4)8(5,6)7;;;;;/h2*3-16,21-23H,1-2H3;2*4-8H,1-3H3;(H,5,6,7);2*1H3;1H;;/q2*-1;;;;2*-1;;+3;+4/p-1/t2*21-,22-;;;;;;;;/m11......../s1. The van der Waals surface area contributed by atoms with Gasteiger partial charge in [0.15, 0.2) is 0 Å². The van der Waals surface area contributed by atoms with Gasteiger partial charge in [0.2, 0.25) is 0 Å². The van der Waals surface area contributed by atoms with Crippen LogP contribution in [0.15, 0.2) is 228 Å². The molecule has 1 radical (unpaired) electrons. The SMILES string of the molecule is CN[C@H](c1ccccc1)[C@H]([N-]S(=O)(=O)c1ccc(C)cc1)c1ccccc1.CN[C@H](c1ccccc1)[C@H]([N-]S(=O)(=O)c1ccc(C)cc1)c1ccccc1.Cc1ccc(C(C)C)cc1.Cc1ccc(C(C)C)cc1.O=S(=O)(O)C(F)(F)F.[CH3-].[CH3-].[Cl][Ru+3].[Ru+3]. The number of halogens is 4. The maximum atomic E-state index is 13.0. The second kappa shape index (κ2) is 40.4. The molecule has 8 aromatic carbocycles. The van der Waals surface area contributed by atoms with Crippen molar-refractivity contribution in [1.82, 2.24) is 10.6 Å². The van der Waals surface area contributed by atoms with Crippen LogP contribution in [0, 0.1) is 42.5 Å². The van der Waals surface area contributed by atoms with Crippen molar-refractivity contribution in [3.05, 3.63) is 298 Å². The Kier molecular flexibility index (Phi) is 37.9. The summed E-state index contributed by atoms with van der Waals surface area (Å²) in [7, 11) is -5.23. The van der Waals surface area contributed by atoms with Crippen molar-refractivity contribution in [2.45, 2.75) is 107 Å². The molecule has 0 aliphatic carbocycles. The molecule has 0 amide bonds. The molecular weight excluding hydrogens is 1360 g/mol. The van der Waals surface area contributed by atoms with Crippen molar-refractivity contribution in [2.24, 2.45) is 0 Å². The molecule has 20 heteroatoms. The Bertz CT molecular complexity index is 3260. The zero-order chi connectivity index (χ0) is 62.7. The van der Waals surface area contributed by atoms with Crippen LogP contribution >= 0.6 is 9.69 Å². The first-order chi connectivity index (χ1) is 39.7. The fourth-order valence-corrected chi connectivity index (χ4v) is 10.3. The molecule has 11 nitrogen and oxygen atoms in total. The molecular formula is C67H81ClF3N4O7Ru2S3+2. The Balaban J connectivity index is 0.00000114. The van der Waals surface area contributed by atoms with Gasteiger partial charge in [0, 0.05) is 21.9 Å². The molecule has 0 aliphatic rings. The third-order valence-corrected chi connectivity index (χ3v) is 16.1. The van der Waals surface area contributed by atoms with Gasteiger partial charge >= 0.3 is 62.1 Å². The Morgan fingerprint density at radius 2 is 0.609 bits per heavy atom. The van der Waals surface area contributed by atoms with Gasteiger partial charge in [-0.1, -0.05) is 267 Å². The topological polar surface area (TPSA) is 175 Å². The monoisotopic (exact) mass is 1450 g/mol. The minimum Gasteiger partial charge on any atom is 3.00 e. The van der Waals surface area contributed by atoms with Gasteiger partial charge in [-0.3, -0.25) is 4.55 Å². The fourth-order valence-electron chi connectivity index (χ4n) is 8.01. The maximum Gasteiger partial charge on any atom is 3.00 e. The number of hydrogen-bond acceptors (Lipinski definition) is 8. The molecule has 0 spiro atoms. The smallest absolute Gasteiger partial charge is 3.00 e. The largest absolute Gasteiger partial charge is 3.00 e. The van der Waals surface area contributed by atoms with Gasteiger partial charge in [-0.05, 0) is 100 Å². The second-order valence-electron chi connectivity index (χ2n) is 19.9. The van der Waals surface area contributed by atoms with Crippen molar-refractivity contribution in [2.75, 3.05) is 14.1 Å². The first-order valence-corrected chi connectivity index (χ1v) is 33.1. The third-order valence-electron chi connectivity index (χ3n) is 12.8. The van der Waals surface area contributed by atoms with Crippen LogP contribution in [0.3, 0.4) is 0 Å². The van der Waals surface area contributed by atoms with Gasteiger partial charge in [-0.25, -0.2) is 16.8 Å². The van der Waals surface area contributed by atoms with Gasteiger partial charge < -0.3 is 34.9 Å². The first kappa shape index (κ1) is 81.7. The molecule has 0 saturated heterocycles. The van der Waals surface area contributed by atoms with Crippen molar-refractivity contribution >= 4 is 39.9 Å². The van der Waals surface area contributed by atoms with Gasteiger partial charge in [0.05, 0.1) is 0 Å². The maximum absolute atomic E-state index is 13.0. The first-order valence-electron chi connectivity index (χ1n) is 26.6. The summed E-state index contributed by atoms with van der Waals surface area (Å²) in [5.41, 5.74) is 5.65. The van der Waals surface area contributed by atoms with Gasteiger partial charge in [0.1, 0.15) is 20.0 Å². The number of alkyl halides is 3. The zero-order valence-corrected chi connectivity index (χ0v) is 57.7. The van der Waals surface area contributed by atoms with Crippen LogP contribution in [0.5, 0.6) is 0 Å². The van der Waals surface area contributed by atoms with Crippen LogP contribution in [0.1, 0.15) is 119 Å². The molecule has 0 unspecified atom stereocenters. The van der Waals surface area contributed by atoms with Crippen LogP contribution < -0.4 is 10.6 Å². The normalized spacial score (nSPS) is 12.3. The molecule has 0 saturated carbocycles. The number of likely N-dealkylation sites (N-methyl/N-ethyl adjacent to an activating group) is 2. The summed E-state index contributed by atoms with van der Waals surface area (Å²) < 4.78 is 118. The number of nitrogens with zero attached hydrogens (tertiary/aromatic N) is 2. The van der Waals surface area contributed by atoms with E-state index in [9.17, 15) is 30.0 Å². The number of sulfonamides is 2. The van der Waals surface area contributed by atoms with Crippen LogP contribution in [0.2, 0.25) is 0 Å². The Labute approximate surface area is 545 Å². The van der Waals surface area contributed by atoms with Crippen LogP contribution in [0.25, 0.3) is 9.44 Å². The summed E-state index contributed by atoms with van der Waals surface area (Å²) in [6.45, 7) is 16.9. The molecule has 471 valence electrons. The van der Waals surface area contributed by atoms with E-state index < -0.39 is 47.8 Å². The third kappa shape index (κ3) is 28.0. The average molecular weight is 1450 g/mol. The Hall–Kier alpha value is -5.26. The van der Waals surface area contributed by atoms with E-state index in [1.54, 1.807) is 48.5 Å². The van der Waals surface area contributed by atoms with E-state index in [0.29, 0.717) is 11.8 Å². The van der Waals surface area contributed by atoms with Gasteiger partial charge in [-0.2, -0.15) is 21.6 Å². The summed E-state index contributed by atoms with van der Waals surface area (Å²) in [6, 6.07) is 67.9. The van der Waals surface area contributed by atoms with Crippen molar-refractivity contribution < 1.29 is 79.8 Å². The number of nitrogens with one attached hydrogen (secondary N) is 2. The van der Waals surface area contributed by atoms with E-state index in [1.807, 2.05) is 167 Å². The number of hydrogen-bond donors (Lipinski definition) is 3. The van der Waals surface area contributed by atoms with Crippen LogP contribution in [-0.2, 0) is 67.0 Å². The predicted molar refractivity (Wildman–Crippen MR) is 345 cm³/mol. The van der Waals surface area contributed by atoms with Gasteiger partial charge in [-0.15, -0.1) is 0 Å². The van der Waals surface area contributed by atoms with E-state index >= 15 is 0 Å². The van der Waals surface area contributed by atoms with Crippen LogP contribution in [0.4, 0.5) is 13.2 Å². The molecule has 0 aliphatic heterocycles. The summed E-state index contributed by atoms with van der Waals surface area (Å²) >= 11 is 1.82. The van der Waals surface area contributed by atoms with Crippen molar-refractivity contribution in [3.63, 3.8) is 0 Å². The van der Waals surface area contributed by atoms with Crippen molar-refractivity contribution in [3.8, 4) is 0 Å². The average Bonchev–Trinajstić information content (AvgIpc) is 1.33. The number of benzene rings is 8. The minimum absolute atomic E-state index is 0. The Morgan fingerprint density at radius 3 is 0.805 bits per heavy atom. The van der Waals surface area contributed by atoms with Crippen LogP contribution in [-0.4, -0.2) is 49.4 Å². The molecule has 0 heterocycles. The van der Waals surface area contributed by atoms with E-state index in [2.05, 4.69) is 120 Å². The van der Waals surface area contributed by atoms with E-state index in [-0.39, 0.29) is 56.2 Å². The molecule has 0 fully saturated rings. The number of rotatable bonds is 16. The Morgan fingerprint density at radius 1 is 0.402 bits per heavy atom. The number of aryl methyl sites for hydroxylation is 4. The summed E-state index contributed by atoms with van der Waals surface area (Å²) in [4.78, 5) is 0.411. The summed E-state index contributed by atoms with van der Waals surface area (Å²) in [5, 5.41) is 6.48. The summed E-state index contributed by atoms with van der Waals surface area (Å²) in [6.07, 6.45) is 0. The van der Waals surface area contributed by atoms with E-state index in [4.69, 9.17) is 13.0 Å². The van der Waals surface area contributed by atoms with Gasteiger partial charge in [0.25, 0.3) is 0 Å². The fraction of sp³-hybridized carbons (Fsp3) is 0.254. The second-order valence-corrected chi connectivity index (χ2v) is 24.6. The molecule has 0 aromatic heterocycles. The van der Waals surface area contributed by atoms with Crippen molar-refractivity contribution in [1.29, 1.82) is 0 Å². The molecule has 4 atom stereocenters. The van der Waals surface area contributed by atoms with E-state index in [0.717, 1.165) is 33.4 Å². The molecule has 8 aromatic rings. The molecule has 0 bridgehead atoms. The molecule has 3 N–H and O–H groups in total. The predicted octanol–water partition coefficient (Wildman–Crippen LogP) is 17.7. The zero-order valence-electron chi connectivity index (χ0n) is 51.0.